The summed E-state index contributed by atoms with van der Waals surface area (Å²) in [5, 5.41) is 13.1. The number of fused-ring (bicyclic) bond motifs is 1. The zero-order chi connectivity index (χ0) is 20.8. The molecule has 4 aromatic rings. The Morgan fingerprint density at radius 2 is 1.97 bits per heavy atom. The van der Waals surface area contributed by atoms with Crippen LogP contribution in [-0.4, -0.2) is 43.4 Å². The van der Waals surface area contributed by atoms with Crippen LogP contribution in [0.1, 0.15) is 13.3 Å². The molecule has 0 bridgehead atoms. The van der Waals surface area contributed by atoms with Crippen LogP contribution in [-0.2, 0) is 4.79 Å². The standard InChI is InChI=1S/C20H18N6OS3/c1-2-9-22-16(27)12-28-19-25-26-20(30-19)29-18-14-7-3-4-8-15(14)23-17(24-18)13-6-5-10-21-11-13/h3-8,10-11H,2,9,12H2,1H3,(H,22,27). The number of nitrogens with one attached hydrogen (secondary N) is 1. The maximum atomic E-state index is 11.8. The molecule has 0 fully saturated rings. The van der Waals surface area contributed by atoms with Gasteiger partial charge in [-0.05, 0) is 36.4 Å². The van der Waals surface area contributed by atoms with E-state index >= 15 is 0 Å². The highest BCUT2D eigenvalue weighted by Crippen LogP contribution is 2.36. The van der Waals surface area contributed by atoms with Gasteiger partial charge in [0.15, 0.2) is 14.5 Å². The number of rotatable bonds is 8. The van der Waals surface area contributed by atoms with Gasteiger partial charge in [0, 0.05) is 29.9 Å². The summed E-state index contributed by atoms with van der Waals surface area (Å²) in [6.45, 7) is 2.72. The first kappa shape index (κ1) is 20.7. The van der Waals surface area contributed by atoms with Gasteiger partial charge in [0.2, 0.25) is 5.91 Å². The minimum Gasteiger partial charge on any atom is -0.355 e. The van der Waals surface area contributed by atoms with Gasteiger partial charge in [0.05, 0.1) is 11.3 Å². The Bertz CT molecular complexity index is 1150. The molecule has 0 unspecified atom stereocenters. The minimum atomic E-state index is 0.00848. The third-order valence-corrected chi connectivity index (χ3v) is 7.07. The number of thioether (sulfide) groups is 1. The molecule has 3 heterocycles. The molecule has 3 aromatic heterocycles. The Hall–Kier alpha value is -2.56. The molecule has 0 saturated heterocycles. The second-order valence-electron chi connectivity index (χ2n) is 6.19. The highest BCUT2D eigenvalue weighted by molar-refractivity contribution is 8.03. The molecule has 0 aliphatic heterocycles. The van der Waals surface area contributed by atoms with E-state index in [-0.39, 0.29) is 5.91 Å². The highest BCUT2D eigenvalue weighted by atomic mass is 32.2. The third-order valence-electron chi connectivity index (χ3n) is 3.96. The van der Waals surface area contributed by atoms with Gasteiger partial charge in [0.1, 0.15) is 5.03 Å². The molecule has 1 aromatic carbocycles. The highest BCUT2D eigenvalue weighted by Gasteiger charge is 2.14. The van der Waals surface area contributed by atoms with E-state index in [9.17, 15) is 4.79 Å². The van der Waals surface area contributed by atoms with Gasteiger partial charge in [-0.3, -0.25) is 9.78 Å². The monoisotopic (exact) mass is 454 g/mol. The average molecular weight is 455 g/mol. The normalized spacial score (nSPS) is 11.0. The number of aromatic nitrogens is 5. The van der Waals surface area contributed by atoms with Crippen molar-refractivity contribution in [2.75, 3.05) is 12.3 Å². The second-order valence-corrected chi connectivity index (χ2v) is 9.62. The van der Waals surface area contributed by atoms with E-state index in [1.165, 1.54) is 34.9 Å². The fourth-order valence-electron chi connectivity index (χ4n) is 2.57. The van der Waals surface area contributed by atoms with Crippen molar-refractivity contribution in [2.24, 2.45) is 0 Å². The van der Waals surface area contributed by atoms with E-state index in [4.69, 9.17) is 4.98 Å². The van der Waals surface area contributed by atoms with Crippen LogP contribution in [0.15, 0.2) is 62.5 Å². The summed E-state index contributed by atoms with van der Waals surface area (Å²) in [5.74, 6) is 0.964. The van der Waals surface area contributed by atoms with Crippen LogP contribution in [0.25, 0.3) is 22.3 Å². The van der Waals surface area contributed by atoms with E-state index in [1.54, 1.807) is 12.4 Å². The lowest BCUT2D eigenvalue weighted by molar-refractivity contribution is -0.118. The second kappa shape index (κ2) is 9.96. The molecule has 0 atom stereocenters. The van der Waals surface area contributed by atoms with Gasteiger partial charge in [0.25, 0.3) is 0 Å². The summed E-state index contributed by atoms with van der Waals surface area (Å²) >= 11 is 4.30. The molecule has 1 N–H and O–H groups in total. The fraction of sp³-hybridized carbons (Fsp3) is 0.200. The molecule has 0 spiro atoms. The van der Waals surface area contributed by atoms with Crippen LogP contribution in [0.2, 0.25) is 0 Å². The Balaban J connectivity index is 1.55. The van der Waals surface area contributed by atoms with Gasteiger partial charge in [-0.1, -0.05) is 48.2 Å². The number of benzene rings is 1. The molecular weight excluding hydrogens is 436 g/mol. The van der Waals surface area contributed by atoms with Crippen LogP contribution in [0.5, 0.6) is 0 Å². The van der Waals surface area contributed by atoms with Crippen LogP contribution >= 0.6 is 34.9 Å². The van der Waals surface area contributed by atoms with Crippen LogP contribution in [0.4, 0.5) is 0 Å². The van der Waals surface area contributed by atoms with E-state index < -0.39 is 0 Å². The van der Waals surface area contributed by atoms with Gasteiger partial charge in [-0.25, -0.2) is 9.97 Å². The van der Waals surface area contributed by atoms with Crippen molar-refractivity contribution in [3.05, 3.63) is 48.8 Å². The molecule has 30 heavy (non-hydrogen) atoms. The van der Waals surface area contributed by atoms with Crippen molar-refractivity contribution in [3.8, 4) is 11.4 Å². The van der Waals surface area contributed by atoms with Crippen molar-refractivity contribution in [3.63, 3.8) is 0 Å². The number of amides is 1. The zero-order valence-corrected chi connectivity index (χ0v) is 18.6. The Labute approximate surface area is 186 Å². The molecule has 1 amide bonds. The zero-order valence-electron chi connectivity index (χ0n) is 16.1. The summed E-state index contributed by atoms with van der Waals surface area (Å²) < 4.78 is 1.53. The number of carbonyl (C=O) groups is 1. The summed E-state index contributed by atoms with van der Waals surface area (Å²) in [7, 11) is 0. The van der Waals surface area contributed by atoms with Gasteiger partial charge < -0.3 is 5.32 Å². The number of para-hydroxylation sites is 1. The Morgan fingerprint density at radius 3 is 2.80 bits per heavy atom. The largest absolute Gasteiger partial charge is 0.355 e. The molecule has 0 radical (unpaired) electrons. The SMILES string of the molecule is CCCNC(=O)CSc1nnc(Sc2nc(-c3cccnc3)nc3ccccc23)s1. The topological polar surface area (TPSA) is 93.6 Å². The predicted octanol–water partition coefficient (Wildman–Crippen LogP) is 4.31. The van der Waals surface area contributed by atoms with Crippen LogP contribution in [0.3, 0.4) is 0 Å². The van der Waals surface area contributed by atoms with Crippen molar-refractivity contribution < 1.29 is 4.79 Å². The quantitative estimate of drug-likeness (QED) is 0.311. The predicted molar refractivity (Wildman–Crippen MR) is 121 cm³/mol. The summed E-state index contributed by atoms with van der Waals surface area (Å²) in [5.41, 5.74) is 1.72. The van der Waals surface area contributed by atoms with Gasteiger partial charge >= 0.3 is 0 Å². The lowest BCUT2D eigenvalue weighted by atomic mass is 10.2. The van der Waals surface area contributed by atoms with Crippen molar-refractivity contribution in [1.82, 2.24) is 30.5 Å². The number of hydrogen-bond donors (Lipinski definition) is 1. The number of carbonyl (C=O) groups excluding carboxylic acids is 1. The lowest BCUT2D eigenvalue weighted by Gasteiger charge is -2.07. The molecule has 4 rings (SSSR count). The number of hydrogen-bond acceptors (Lipinski definition) is 9. The summed E-state index contributed by atoms with van der Waals surface area (Å²) in [6, 6.07) is 11.7. The third kappa shape index (κ3) is 5.13. The van der Waals surface area contributed by atoms with Crippen molar-refractivity contribution in [2.45, 2.75) is 27.0 Å². The Morgan fingerprint density at radius 1 is 1.10 bits per heavy atom. The number of nitrogens with zero attached hydrogens (tertiary/aromatic N) is 5. The van der Waals surface area contributed by atoms with Gasteiger partial charge in [-0.15, -0.1) is 10.2 Å². The lowest BCUT2D eigenvalue weighted by Crippen LogP contribution is -2.25. The van der Waals surface area contributed by atoms with Crippen LogP contribution in [0, 0.1) is 0 Å². The average Bonchev–Trinajstić information content (AvgIpc) is 3.24. The first-order valence-electron chi connectivity index (χ1n) is 9.31. The molecule has 0 aliphatic carbocycles. The smallest absolute Gasteiger partial charge is 0.230 e. The van der Waals surface area contributed by atoms with E-state index in [1.807, 2.05) is 43.3 Å². The molecule has 0 saturated carbocycles. The maximum absolute atomic E-state index is 11.8. The summed E-state index contributed by atoms with van der Waals surface area (Å²) in [6.07, 6.45) is 4.40. The molecule has 10 heteroatoms. The summed E-state index contributed by atoms with van der Waals surface area (Å²) in [4.78, 5) is 25.4. The molecule has 152 valence electrons. The minimum absolute atomic E-state index is 0.00848. The van der Waals surface area contributed by atoms with Crippen molar-refractivity contribution in [1.29, 1.82) is 0 Å². The molecule has 7 nitrogen and oxygen atoms in total. The molecular formula is C20H18N6OS3. The van der Waals surface area contributed by atoms with E-state index in [2.05, 4.69) is 25.5 Å². The molecule has 0 aliphatic rings. The van der Waals surface area contributed by atoms with Crippen molar-refractivity contribution >= 4 is 51.7 Å². The fourth-order valence-corrected chi connectivity index (χ4v) is 5.45. The van der Waals surface area contributed by atoms with Crippen LogP contribution < -0.4 is 5.32 Å². The first-order valence-corrected chi connectivity index (χ1v) is 11.9. The van der Waals surface area contributed by atoms with E-state index in [0.29, 0.717) is 18.1 Å². The van der Waals surface area contributed by atoms with Gasteiger partial charge in [-0.2, -0.15) is 0 Å². The first-order chi connectivity index (χ1) is 14.7. The van der Waals surface area contributed by atoms with E-state index in [0.717, 1.165) is 36.6 Å². The Kier molecular flexibility index (Phi) is 6.88. The maximum Gasteiger partial charge on any atom is 0.230 e. The number of pyridine rings is 1.